The van der Waals surface area contributed by atoms with Crippen LogP contribution >= 0.6 is 0 Å². The highest BCUT2D eigenvalue weighted by molar-refractivity contribution is 5.25. The molecule has 4 rings (SSSR count). The number of nitrogens with zero attached hydrogens (tertiary/aromatic N) is 2. The Morgan fingerprint density at radius 2 is 1.89 bits per heavy atom. The molecule has 1 atom stereocenters. The van der Waals surface area contributed by atoms with Gasteiger partial charge in [-0.05, 0) is 49.1 Å². The lowest BCUT2D eigenvalue weighted by Gasteiger charge is -2.40. The minimum atomic E-state index is -0.0968. The van der Waals surface area contributed by atoms with Crippen molar-refractivity contribution in [1.82, 2.24) is 15.5 Å². The predicted octanol–water partition coefficient (Wildman–Crippen LogP) is 4.34. The van der Waals surface area contributed by atoms with Crippen LogP contribution in [-0.4, -0.2) is 29.4 Å². The molecular formula is C21H28FN3O2. The molecule has 0 radical (unpaired) electrons. The van der Waals surface area contributed by atoms with Gasteiger partial charge in [0.1, 0.15) is 5.82 Å². The Kier molecular flexibility index (Phi) is 5.55. The van der Waals surface area contributed by atoms with Crippen LogP contribution in [-0.2, 0) is 4.74 Å². The maximum atomic E-state index is 14.0. The fraction of sp³-hybridized carbons (Fsp3) is 0.619. The summed E-state index contributed by atoms with van der Waals surface area (Å²) in [6, 6.07) is 7.50. The molecule has 2 fully saturated rings. The normalized spacial score (nSPS) is 24.7. The molecule has 1 N–H and O–H groups in total. The molecule has 1 saturated heterocycles. The van der Waals surface area contributed by atoms with Gasteiger partial charge in [-0.1, -0.05) is 37.2 Å². The molecule has 0 amide bonds. The van der Waals surface area contributed by atoms with E-state index in [0.717, 1.165) is 50.3 Å². The van der Waals surface area contributed by atoms with Crippen molar-refractivity contribution >= 4 is 0 Å². The molecule has 0 bridgehead atoms. The zero-order valence-corrected chi connectivity index (χ0v) is 16.0. The van der Waals surface area contributed by atoms with Crippen molar-refractivity contribution in [1.29, 1.82) is 0 Å². The molecule has 2 aromatic rings. The minimum absolute atomic E-state index is 0.0421. The molecule has 5 nitrogen and oxygen atoms in total. The number of hydrogen-bond acceptors (Lipinski definition) is 5. The molecule has 6 heteroatoms. The molecule has 1 aliphatic carbocycles. The summed E-state index contributed by atoms with van der Waals surface area (Å²) in [5.41, 5.74) is 0.832. The number of nitrogens with one attached hydrogen (secondary N) is 1. The first kappa shape index (κ1) is 18.6. The lowest BCUT2D eigenvalue weighted by molar-refractivity contribution is 0.0435. The molecule has 1 aliphatic heterocycles. The lowest BCUT2D eigenvalue weighted by atomic mass is 9.75. The van der Waals surface area contributed by atoms with Crippen molar-refractivity contribution in [2.24, 2.45) is 5.92 Å². The van der Waals surface area contributed by atoms with E-state index in [1.54, 1.807) is 12.1 Å². The standard InChI is InChI=1S/C21H28FN3O2/c1-13(2)20-24-21(27-25-20)19(14-7-9-26-10-8-14)23-16-11-15(12-16)17-5-3-4-6-18(17)22/h3-6,13-16,19,23H,7-12H2,1-2H3/t15?,16?,19-/m0/s1. The van der Waals surface area contributed by atoms with E-state index in [1.807, 2.05) is 12.1 Å². The Morgan fingerprint density at radius 3 is 2.56 bits per heavy atom. The van der Waals surface area contributed by atoms with Crippen LogP contribution in [0.15, 0.2) is 28.8 Å². The Morgan fingerprint density at radius 1 is 1.15 bits per heavy atom. The molecule has 27 heavy (non-hydrogen) atoms. The largest absolute Gasteiger partial charge is 0.381 e. The van der Waals surface area contributed by atoms with Crippen molar-refractivity contribution < 1.29 is 13.7 Å². The van der Waals surface area contributed by atoms with Crippen LogP contribution in [0, 0.1) is 11.7 Å². The van der Waals surface area contributed by atoms with Crippen molar-refractivity contribution in [2.45, 2.75) is 63.5 Å². The summed E-state index contributed by atoms with van der Waals surface area (Å²) in [6.07, 6.45) is 3.85. The van der Waals surface area contributed by atoms with E-state index in [-0.39, 0.29) is 23.7 Å². The summed E-state index contributed by atoms with van der Waals surface area (Å²) in [5.74, 6) is 2.29. The second-order valence-electron chi connectivity index (χ2n) is 8.13. The molecule has 0 spiro atoms. The van der Waals surface area contributed by atoms with Crippen molar-refractivity contribution in [3.8, 4) is 0 Å². The molecule has 146 valence electrons. The minimum Gasteiger partial charge on any atom is -0.381 e. The average molecular weight is 373 g/mol. The van der Waals surface area contributed by atoms with Crippen molar-refractivity contribution in [3.05, 3.63) is 47.4 Å². The fourth-order valence-electron chi connectivity index (χ4n) is 4.13. The zero-order chi connectivity index (χ0) is 18.8. The lowest BCUT2D eigenvalue weighted by Crippen LogP contribution is -2.45. The average Bonchev–Trinajstić information content (AvgIpc) is 3.13. The number of hydrogen-bond donors (Lipinski definition) is 1. The molecule has 2 aliphatic rings. The van der Waals surface area contributed by atoms with Crippen molar-refractivity contribution in [2.75, 3.05) is 13.2 Å². The van der Waals surface area contributed by atoms with E-state index in [4.69, 9.17) is 9.26 Å². The Balaban J connectivity index is 1.44. The topological polar surface area (TPSA) is 60.2 Å². The summed E-state index contributed by atoms with van der Waals surface area (Å²) in [6.45, 7) is 5.68. The summed E-state index contributed by atoms with van der Waals surface area (Å²) >= 11 is 0. The van der Waals surface area contributed by atoms with Crippen LogP contribution in [0.4, 0.5) is 4.39 Å². The van der Waals surface area contributed by atoms with Gasteiger partial charge in [-0.2, -0.15) is 4.98 Å². The fourth-order valence-corrected chi connectivity index (χ4v) is 4.13. The van der Waals surface area contributed by atoms with Gasteiger partial charge in [0.05, 0.1) is 6.04 Å². The van der Waals surface area contributed by atoms with E-state index in [0.29, 0.717) is 17.9 Å². The maximum Gasteiger partial charge on any atom is 0.244 e. The highest BCUT2D eigenvalue weighted by Crippen LogP contribution is 2.40. The molecule has 2 heterocycles. The van der Waals surface area contributed by atoms with Gasteiger partial charge in [0.25, 0.3) is 0 Å². The predicted molar refractivity (Wildman–Crippen MR) is 100.0 cm³/mol. The van der Waals surface area contributed by atoms with Gasteiger partial charge in [-0.3, -0.25) is 0 Å². The van der Waals surface area contributed by atoms with Gasteiger partial charge in [-0.15, -0.1) is 0 Å². The monoisotopic (exact) mass is 373 g/mol. The van der Waals surface area contributed by atoms with E-state index in [2.05, 4.69) is 29.3 Å². The summed E-state index contributed by atoms with van der Waals surface area (Å²) in [4.78, 5) is 4.65. The molecule has 0 unspecified atom stereocenters. The zero-order valence-electron chi connectivity index (χ0n) is 16.0. The number of benzene rings is 1. The van der Waals surface area contributed by atoms with Gasteiger partial charge in [0, 0.05) is 25.2 Å². The van der Waals surface area contributed by atoms with Crippen molar-refractivity contribution in [3.63, 3.8) is 0 Å². The van der Waals surface area contributed by atoms with E-state index >= 15 is 0 Å². The quantitative estimate of drug-likeness (QED) is 0.816. The van der Waals surface area contributed by atoms with Crippen LogP contribution in [0.2, 0.25) is 0 Å². The van der Waals surface area contributed by atoms with Gasteiger partial charge < -0.3 is 14.6 Å². The maximum absolute atomic E-state index is 14.0. The van der Waals surface area contributed by atoms with Gasteiger partial charge >= 0.3 is 0 Å². The van der Waals surface area contributed by atoms with Crippen LogP contribution in [0.1, 0.15) is 74.7 Å². The first-order valence-corrected chi connectivity index (χ1v) is 10.0. The number of rotatable bonds is 6. The summed E-state index contributed by atoms with van der Waals surface area (Å²) in [7, 11) is 0. The second-order valence-corrected chi connectivity index (χ2v) is 8.13. The number of halogens is 1. The van der Waals surface area contributed by atoms with E-state index in [9.17, 15) is 4.39 Å². The summed E-state index contributed by atoms with van der Waals surface area (Å²) < 4.78 is 25.2. The first-order valence-electron chi connectivity index (χ1n) is 10.0. The highest BCUT2D eigenvalue weighted by Gasteiger charge is 2.37. The second kappa shape index (κ2) is 8.07. The third kappa shape index (κ3) is 4.06. The van der Waals surface area contributed by atoms with Crippen LogP contribution in [0.5, 0.6) is 0 Å². The number of aromatic nitrogens is 2. The Hall–Kier alpha value is -1.79. The van der Waals surface area contributed by atoms with E-state index in [1.165, 1.54) is 0 Å². The third-order valence-electron chi connectivity index (χ3n) is 5.88. The SMILES string of the molecule is CC(C)c1noc([C@@H](NC2CC(c3ccccc3F)C2)C2CCOCC2)n1. The van der Waals surface area contributed by atoms with Crippen LogP contribution < -0.4 is 5.32 Å². The highest BCUT2D eigenvalue weighted by atomic mass is 19.1. The first-order chi connectivity index (χ1) is 13.1. The number of ether oxygens (including phenoxy) is 1. The van der Waals surface area contributed by atoms with Crippen LogP contribution in [0.3, 0.4) is 0 Å². The molecule has 1 aromatic carbocycles. The van der Waals surface area contributed by atoms with E-state index < -0.39 is 0 Å². The van der Waals surface area contributed by atoms with Gasteiger partial charge in [0.2, 0.25) is 5.89 Å². The van der Waals surface area contributed by atoms with Gasteiger partial charge in [0.15, 0.2) is 5.82 Å². The molecule has 1 saturated carbocycles. The summed E-state index contributed by atoms with van der Waals surface area (Å²) in [5, 5.41) is 7.89. The third-order valence-corrected chi connectivity index (χ3v) is 5.88. The molecular weight excluding hydrogens is 345 g/mol. The Bertz CT molecular complexity index is 751. The smallest absolute Gasteiger partial charge is 0.244 e. The van der Waals surface area contributed by atoms with Gasteiger partial charge in [-0.25, -0.2) is 4.39 Å². The van der Waals surface area contributed by atoms with Crippen LogP contribution in [0.25, 0.3) is 0 Å². The molecule has 1 aromatic heterocycles. The Labute approximate surface area is 159 Å².